The molecule has 2 fully saturated rings. The third kappa shape index (κ3) is 6.23. The highest BCUT2D eigenvalue weighted by atomic mass is 32.2. The summed E-state index contributed by atoms with van der Waals surface area (Å²) < 4.78 is 64.9. The van der Waals surface area contributed by atoms with Crippen molar-refractivity contribution >= 4 is 32.8 Å². The van der Waals surface area contributed by atoms with Gasteiger partial charge in [-0.25, -0.2) is 13.4 Å². The Hall–Kier alpha value is -2.69. The SMILES string of the molecule is CC(C#N)NC(=O)C1CCCCC1c1nc(C(C)(O)C(F)(F)F)sc1-c1ccc(N2CCS(=O)(=O)CC2)cc1. The number of benzene rings is 1. The van der Waals surface area contributed by atoms with Crippen LogP contribution in [0.5, 0.6) is 0 Å². The van der Waals surface area contributed by atoms with E-state index in [2.05, 4.69) is 10.3 Å². The standard InChI is InChI=1S/C26H31F3N4O4S2/c1-16(15-30)31-23(34)20-6-4-3-5-19(20)21-22(38-24(32-21)25(2,35)26(27,28)29)17-7-9-18(10-8-17)33-11-13-39(36,37)14-12-33/h7-10,16,19-20,35H,3-6,11-14H2,1-2H3,(H,31,34). The minimum Gasteiger partial charge on any atom is -0.375 e. The van der Waals surface area contributed by atoms with Crippen molar-refractivity contribution in [3.8, 4) is 16.5 Å². The van der Waals surface area contributed by atoms with Crippen LogP contribution in [0.3, 0.4) is 0 Å². The minimum atomic E-state index is -4.95. The topological polar surface area (TPSA) is 123 Å². The quantitative estimate of drug-likeness (QED) is 0.524. The second-order valence-corrected chi connectivity index (χ2v) is 13.6. The number of rotatable bonds is 6. The van der Waals surface area contributed by atoms with Crippen LogP contribution in [0.15, 0.2) is 24.3 Å². The predicted molar refractivity (Wildman–Crippen MR) is 142 cm³/mol. The molecule has 1 aliphatic carbocycles. The molecule has 1 amide bonds. The molecule has 0 bridgehead atoms. The van der Waals surface area contributed by atoms with Crippen LogP contribution in [-0.4, -0.2) is 61.2 Å². The Morgan fingerprint density at radius 2 is 1.82 bits per heavy atom. The van der Waals surface area contributed by atoms with E-state index >= 15 is 0 Å². The van der Waals surface area contributed by atoms with Gasteiger partial charge < -0.3 is 15.3 Å². The molecular formula is C26H31F3N4O4S2. The van der Waals surface area contributed by atoms with E-state index in [0.717, 1.165) is 29.9 Å². The van der Waals surface area contributed by atoms with Crippen LogP contribution in [0, 0.1) is 17.2 Å². The fraction of sp³-hybridized carbons (Fsp3) is 0.577. The van der Waals surface area contributed by atoms with Gasteiger partial charge in [0.25, 0.3) is 0 Å². The smallest absolute Gasteiger partial charge is 0.375 e. The van der Waals surface area contributed by atoms with Crippen LogP contribution < -0.4 is 10.2 Å². The van der Waals surface area contributed by atoms with E-state index in [1.807, 2.05) is 11.0 Å². The van der Waals surface area contributed by atoms with Crippen molar-refractivity contribution in [1.29, 1.82) is 5.26 Å². The molecule has 39 heavy (non-hydrogen) atoms. The third-order valence-electron chi connectivity index (χ3n) is 7.47. The number of amides is 1. The van der Waals surface area contributed by atoms with E-state index in [1.165, 1.54) is 0 Å². The molecule has 4 atom stereocenters. The zero-order valence-corrected chi connectivity index (χ0v) is 23.3. The number of nitrogens with one attached hydrogen (secondary N) is 1. The second kappa shape index (κ2) is 11.1. The Morgan fingerprint density at radius 1 is 1.21 bits per heavy atom. The number of aliphatic hydroxyl groups is 1. The van der Waals surface area contributed by atoms with E-state index in [4.69, 9.17) is 5.26 Å². The lowest BCUT2D eigenvalue weighted by Crippen LogP contribution is -2.40. The van der Waals surface area contributed by atoms with Gasteiger partial charge in [-0.2, -0.15) is 18.4 Å². The molecule has 2 N–H and O–H groups in total. The van der Waals surface area contributed by atoms with Gasteiger partial charge in [0.05, 0.1) is 28.1 Å². The van der Waals surface area contributed by atoms with Gasteiger partial charge in [-0.1, -0.05) is 25.0 Å². The molecule has 4 rings (SSSR count). The number of alkyl halides is 3. The number of sulfone groups is 1. The first-order valence-corrected chi connectivity index (χ1v) is 15.4. The Balaban J connectivity index is 1.73. The van der Waals surface area contributed by atoms with E-state index in [0.29, 0.717) is 49.0 Å². The summed E-state index contributed by atoms with van der Waals surface area (Å²) in [6.07, 6.45) is -2.39. The summed E-state index contributed by atoms with van der Waals surface area (Å²) >= 11 is 0.755. The number of anilines is 1. The highest BCUT2D eigenvalue weighted by molar-refractivity contribution is 7.91. The lowest BCUT2D eigenvalue weighted by Gasteiger charge is -2.31. The Morgan fingerprint density at radius 3 is 2.41 bits per heavy atom. The van der Waals surface area contributed by atoms with Crippen LogP contribution >= 0.6 is 11.3 Å². The fourth-order valence-corrected chi connectivity index (χ4v) is 7.45. The van der Waals surface area contributed by atoms with Crippen molar-refractivity contribution in [2.24, 2.45) is 5.92 Å². The Kier molecular flexibility index (Phi) is 8.31. The van der Waals surface area contributed by atoms with Crippen LogP contribution in [0.4, 0.5) is 18.9 Å². The summed E-state index contributed by atoms with van der Waals surface area (Å²) in [5, 5.41) is 21.7. The lowest BCUT2D eigenvalue weighted by atomic mass is 9.76. The van der Waals surface area contributed by atoms with E-state index in [1.54, 1.807) is 31.2 Å². The number of hydrogen-bond donors (Lipinski definition) is 2. The number of thiazole rings is 1. The zero-order valence-electron chi connectivity index (χ0n) is 21.7. The van der Waals surface area contributed by atoms with Gasteiger partial charge >= 0.3 is 6.18 Å². The van der Waals surface area contributed by atoms with Crippen LogP contribution in [0.1, 0.15) is 56.2 Å². The number of carbonyl (C=O) groups excluding carboxylic acids is 1. The summed E-state index contributed by atoms with van der Waals surface area (Å²) in [4.78, 5) is 19.8. The van der Waals surface area contributed by atoms with Crippen molar-refractivity contribution < 1.29 is 31.5 Å². The molecule has 1 saturated heterocycles. The molecule has 1 aromatic carbocycles. The summed E-state index contributed by atoms with van der Waals surface area (Å²) in [6.45, 7) is 2.94. The maximum absolute atomic E-state index is 13.8. The molecule has 2 heterocycles. The molecule has 4 unspecified atom stereocenters. The molecule has 0 radical (unpaired) electrons. The number of aromatic nitrogens is 1. The maximum Gasteiger partial charge on any atom is 0.423 e. The molecule has 2 aromatic rings. The first-order valence-electron chi connectivity index (χ1n) is 12.8. The van der Waals surface area contributed by atoms with E-state index in [9.17, 15) is 31.5 Å². The fourth-order valence-electron chi connectivity index (χ4n) is 5.04. The first-order chi connectivity index (χ1) is 18.2. The molecule has 1 aromatic heterocycles. The Bertz CT molecular complexity index is 1340. The number of nitrogens with zero attached hydrogens (tertiary/aromatic N) is 3. The largest absolute Gasteiger partial charge is 0.423 e. The minimum absolute atomic E-state index is 0.0547. The van der Waals surface area contributed by atoms with Crippen molar-refractivity contribution in [3.05, 3.63) is 35.0 Å². The van der Waals surface area contributed by atoms with E-state index in [-0.39, 0.29) is 17.4 Å². The molecule has 1 saturated carbocycles. The van der Waals surface area contributed by atoms with Crippen LogP contribution in [0.2, 0.25) is 0 Å². The van der Waals surface area contributed by atoms with Crippen molar-refractivity contribution in [2.75, 3.05) is 29.5 Å². The van der Waals surface area contributed by atoms with Gasteiger partial charge in [-0.05, 0) is 44.4 Å². The lowest BCUT2D eigenvalue weighted by molar-refractivity contribution is -0.258. The van der Waals surface area contributed by atoms with Crippen LogP contribution in [0.25, 0.3) is 10.4 Å². The van der Waals surface area contributed by atoms with Crippen molar-refractivity contribution in [1.82, 2.24) is 10.3 Å². The summed E-state index contributed by atoms with van der Waals surface area (Å²) in [5.74, 6) is -1.29. The normalized spacial score (nSPS) is 23.9. The summed E-state index contributed by atoms with van der Waals surface area (Å²) in [6, 6.07) is 8.32. The molecule has 0 spiro atoms. The summed E-state index contributed by atoms with van der Waals surface area (Å²) in [5.41, 5.74) is -1.45. The molecule has 13 heteroatoms. The molecule has 8 nitrogen and oxygen atoms in total. The van der Waals surface area contributed by atoms with Gasteiger partial charge in [0.1, 0.15) is 11.0 Å². The number of halogens is 3. The predicted octanol–water partition coefficient (Wildman–Crippen LogP) is 4.12. The maximum atomic E-state index is 13.8. The van der Waals surface area contributed by atoms with Gasteiger partial charge in [0.2, 0.25) is 11.5 Å². The monoisotopic (exact) mass is 584 g/mol. The number of nitriles is 1. The zero-order chi connectivity index (χ0) is 28.6. The highest BCUT2D eigenvalue weighted by Gasteiger charge is 2.54. The van der Waals surface area contributed by atoms with Gasteiger partial charge in [0, 0.05) is 30.6 Å². The molecule has 212 valence electrons. The van der Waals surface area contributed by atoms with Crippen molar-refractivity contribution in [3.63, 3.8) is 0 Å². The summed E-state index contributed by atoms with van der Waals surface area (Å²) in [7, 11) is -3.05. The number of hydrogen-bond acceptors (Lipinski definition) is 8. The van der Waals surface area contributed by atoms with E-state index < -0.39 is 44.5 Å². The highest BCUT2D eigenvalue weighted by Crippen LogP contribution is 2.48. The average Bonchev–Trinajstić information content (AvgIpc) is 3.34. The second-order valence-electron chi connectivity index (χ2n) is 10.3. The van der Waals surface area contributed by atoms with Crippen LogP contribution in [-0.2, 0) is 20.2 Å². The number of carbonyl (C=O) groups is 1. The molecule has 1 aliphatic heterocycles. The Labute approximate surface area is 229 Å². The van der Waals surface area contributed by atoms with Gasteiger partial charge in [-0.3, -0.25) is 4.79 Å². The van der Waals surface area contributed by atoms with Gasteiger partial charge in [0.15, 0.2) is 9.84 Å². The first kappa shape index (κ1) is 29.3. The third-order valence-corrected chi connectivity index (χ3v) is 10.4. The molecular weight excluding hydrogens is 553 g/mol. The van der Waals surface area contributed by atoms with Crippen molar-refractivity contribution in [2.45, 2.75) is 63.3 Å². The van der Waals surface area contributed by atoms with Gasteiger partial charge in [-0.15, -0.1) is 11.3 Å². The average molecular weight is 585 g/mol. The molecule has 2 aliphatic rings.